The van der Waals surface area contributed by atoms with Gasteiger partial charge < -0.3 is 15.2 Å². The number of nitrogens with two attached hydrogens (primary N) is 1. The van der Waals surface area contributed by atoms with E-state index < -0.39 is 0 Å². The van der Waals surface area contributed by atoms with Crippen molar-refractivity contribution in [3.05, 3.63) is 0 Å². The van der Waals surface area contributed by atoms with Gasteiger partial charge in [0.2, 0.25) is 0 Å². The molecular formula is C14H28N2O2. The minimum Gasteiger partial charge on any atom is -0.379 e. The number of nitrogens with zero attached hydrogens (tertiary/aromatic N) is 1. The smallest absolute Gasteiger partial charge is 0.0805 e. The first-order valence-electron chi connectivity index (χ1n) is 7.38. The zero-order valence-electron chi connectivity index (χ0n) is 11.7. The molecule has 0 radical (unpaired) electrons. The highest BCUT2D eigenvalue weighted by atomic mass is 16.5. The second-order valence-corrected chi connectivity index (χ2v) is 5.87. The lowest BCUT2D eigenvalue weighted by Crippen LogP contribution is -2.46. The molecule has 0 spiro atoms. The summed E-state index contributed by atoms with van der Waals surface area (Å²) in [5, 5.41) is 0. The fraction of sp³-hybridized carbons (Fsp3) is 1.00. The molecule has 0 bridgehead atoms. The summed E-state index contributed by atoms with van der Waals surface area (Å²) in [6, 6.07) is 0. The predicted octanol–water partition coefficient (Wildman–Crippen LogP) is 1.24. The number of ether oxygens (including phenoxy) is 2. The van der Waals surface area contributed by atoms with E-state index in [4.69, 9.17) is 15.2 Å². The first-order chi connectivity index (χ1) is 8.74. The maximum Gasteiger partial charge on any atom is 0.0805 e. The summed E-state index contributed by atoms with van der Waals surface area (Å²) in [4.78, 5) is 2.42. The fourth-order valence-electron chi connectivity index (χ4n) is 2.91. The van der Waals surface area contributed by atoms with Crippen LogP contribution in [0.3, 0.4) is 0 Å². The Kier molecular flexibility index (Phi) is 5.42. The Labute approximate surface area is 111 Å². The van der Waals surface area contributed by atoms with Crippen molar-refractivity contribution in [3.63, 3.8) is 0 Å². The van der Waals surface area contributed by atoms with Gasteiger partial charge in [0.1, 0.15) is 0 Å². The molecule has 4 heteroatoms. The van der Waals surface area contributed by atoms with E-state index in [1.165, 1.54) is 12.8 Å². The third-order valence-corrected chi connectivity index (χ3v) is 4.48. The van der Waals surface area contributed by atoms with E-state index in [1.807, 2.05) is 0 Å². The number of hydrogen-bond donors (Lipinski definition) is 1. The molecule has 4 nitrogen and oxygen atoms in total. The summed E-state index contributed by atoms with van der Waals surface area (Å²) in [6.07, 6.45) is 4.78. The maximum atomic E-state index is 6.16. The molecule has 106 valence electrons. The molecule has 0 aromatic heterocycles. The number of morpholine rings is 1. The Morgan fingerprint density at radius 1 is 1.28 bits per heavy atom. The molecule has 1 saturated carbocycles. The molecule has 1 aliphatic carbocycles. The van der Waals surface area contributed by atoms with E-state index in [-0.39, 0.29) is 5.60 Å². The van der Waals surface area contributed by atoms with Crippen LogP contribution < -0.4 is 5.73 Å². The second kappa shape index (κ2) is 6.85. The van der Waals surface area contributed by atoms with Gasteiger partial charge in [0.15, 0.2) is 0 Å². The van der Waals surface area contributed by atoms with Gasteiger partial charge in [-0.25, -0.2) is 0 Å². The van der Waals surface area contributed by atoms with Crippen LogP contribution >= 0.6 is 0 Å². The van der Waals surface area contributed by atoms with Crippen LogP contribution in [-0.4, -0.2) is 56.5 Å². The van der Waals surface area contributed by atoms with Crippen molar-refractivity contribution in [2.24, 2.45) is 11.7 Å². The van der Waals surface area contributed by atoms with Crippen molar-refractivity contribution in [2.75, 3.05) is 46.0 Å². The maximum absolute atomic E-state index is 6.16. The fourth-order valence-corrected chi connectivity index (χ4v) is 2.91. The lowest BCUT2D eigenvalue weighted by atomic mass is 9.79. The van der Waals surface area contributed by atoms with Crippen LogP contribution in [0.4, 0.5) is 0 Å². The van der Waals surface area contributed by atoms with Crippen LogP contribution in [0, 0.1) is 5.92 Å². The van der Waals surface area contributed by atoms with Gasteiger partial charge in [-0.2, -0.15) is 0 Å². The standard InChI is InChI=1S/C14H28N2O2/c1-13-2-4-14(12-15,5-3-13)18-11-8-16-6-9-17-10-7-16/h13H,2-12,15H2,1H3. The third-order valence-electron chi connectivity index (χ3n) is 4.48. The van der Waals surface area contributed by atoms with E-state index in [0.717, 1.165) is 58.2 Å². The summed E-state index contributed by atoms with van der Waals surface area (Å²) in [5.74, 6) is 0.840. The van der Waals surface area contributed by atoms with Gasteiger partial charge in [0.05, 0.1) is 25.4 Å². The van der Waals surface area contributed by atoms with Gasteiger partial charge in [-0.1, -0.05) is 6.92 Å². The van der Waals surface area contributed by atoms with E-state index >= 15 is 0 Å². The van der Waals surface area contributed by atoms with Crippen LogP contribution in [-0.2, 0) is 9.47 Å². The molecule has 1 saturated heterocycles. The monoisotopic (exact) mass is 256 g/mol. The van der Waals surface area contributed by atoms with Gasteiger partial charge >= 0.3 is 0 Å². The van der Waals surface area contributed by atoms with Crippen molar-refractivity contribution in [1.29, 1.82) is 0 Å². The molecule has 2 fully saturated rings. The molecule has 1 aliphatic heterocycles. The van der Waals surface area contributed by atoms with Crippen molar-refractivity contribution >= 4 is 0 Å². The Bertz CT molecular complexity index is 234. The Hall–Kier alpha value is -0.160. The summed E-state index contributed by atoms with van der Waals surface area (Å²) < 4.78 is 11.5. The minimum absolute atomic E-state index is 0.0290. The van der Waals surface area contributed by atoms with Crippen molar-refractivity contribution in [2.45, 2.75) is 38.2 Å². The average Bonchev–Trinajstić information content (AvgIpc) is 2.43. The zero-order valence-corrected chi connectivity index (χ0v) is 11.7. The van der Waals surface area contributed by atoms with Gasteiger partial charge in [0, 0.05) is 26.2 Å². The van der Waals surface area contributed by atoms with E-state index in [0.29, 0.717) is 6.54 Å². The normalized spacial score (nSPS) is 34.7. The third kappa shape index (κ3) is 3.92. The van der Waals surface area contributed by atoms with Gasteiger partial charge in [-0.05, 0) is 31.6 Å². The second-order valence-electron chi connectivity index (χ2n) is 5.87. The van der Waals surface area contributed by atoms with Crippen LogP contribution in [0.1, 0.15) is 32.6 Å². The Morgan fingerprint density at radius 2 is 1.94 bits per heavy atom. The first-order valence-corrected chi connectivity index (χ1v) is 7.38. The average molecular weight is 256 g/mol. The number of hydrogen-bond acceptors (Lipinski definition) is 4. The van der Waals surface area contributed by atoms with Gasteiger partial charge in [-0.15, -0.1) is 0 Å². The zero-order chi connectivity index (χ0) is 12.8. The van der Waals surface area contributed by atoms with E-state index in [9.17, 15) is 0 Å². The lowest BCUT2D eigenvalue weighted by Gasteiger charge is -2.39. The molecule has 1 heterocycles. The molecular weight excluding hydrogens is 228 g/mol. The van der Waals surface area contributed by atoms with Gasteiger partial charge in [0.25, 0.3) is 0 Å². The molecule has 0 atom stereocenters. The predicted molar refractivity (Wildman–Crippen MR) is 72.6 cm³/mol. The first kappa shape index (κ1) is 14.3. The lowest BCUT2D eigenvalue weighted by molar-refractivity contribution is -0.0802. The summed E-state index contributed by atoms with van der Waals surface area (Å²) in [6.45, 7) is 8.62. The van der Waals surface area contributed by atoms with Crippen molar-refractivity contribution in [3.8, 4) is 0 Å². The summed E-state index contributed by atoms with van der Waals surface area (Å²) in [7, 11) is 0. The molecule has 0 unspecified atom stereocenters. The summed E-state index contributed by atoms with van der Waals surface area (Å²) in [5.41, 5.74) is 5.92. The van der Waals surface area contributed by atoms with Crippen molar-refractivity contribution in [1.82, 2.24) is 4.90 Å². The van der Waals surface area contributed by atoms with Gasteiger partial charge in [-0.3, -0.25) is 4.90 Å². The molecule has 0 aromatic rings. The van der Waals surface area contributed by atoms with E-state index in [2.05, 4.69) is 11.8 Å². The van der Waals surface area contributed by atoms with Crippen LogP contribution in [0.25, 0.3) is 0 Å². The highest BCUT2D eigenvalue weighted by Gasteiger charge is 2.33. The highest BCUT2D eigenvalue weighted by Crippen LogP contribution is 2.33. The molecule has 2 aliphatic rings. The van der Waals surface area contributed by atoms with Crippen LogP contribution in [0.2, 0.25) is 0 Å². The van der Waals surface area contributed by atoms with Crippen LogP contribution in [0.15, 0.2) is 0 Å². The number of rotatable bonds is 5. The Balaban J connectivity index is 1.69. The van der Waals surface area contributed by atoms with E-state index in [1.54, 1.807) is 0 Å². The van der Waals surface area contributed by atoms with Crippen LogP contribution in [0.5, 0.6) is 0 Å². The van der Waals surface area contributed by atoms with Crippen molar-refractivity contribution < 1.29 is 9.47 Å². The quantitative estimate of drug-likeness (QED) is 0.804. The molecule has 18 heavy (non-hydrogen) atoms. The summed E-state index contributed by atoms with van der Waals surface area (Å²) >= 11 is 0. The molecule has 2 rings (SSSR count). The Morgan fingerprint density at radius 3 is 2.56 bits per heavy atom. The highest BCUT2D eigenvalue weighted by molar-refractivity contribution is 4.87. The topological polar surface area (TPSA) is 47.7 Å². The molecule has 2 N–H and O–H groups in total. The molecule has 0 amide bonds. The SMILES string of the molecule is CC1CCC(CN)(OCCN2CCOCC2)CC1. The largest absolute Gasteiger partial charge is 0.379 e. The molecule has 0 aromatic carbocycles. The minimum atomic E-state index is -0.0290.